The van der Waals surface area contributed by atoms with Crippen molar-refractivity contribution in [2.45, 2.75) is 31.1 Å². The van der Waals surface area contributed by atoms with Gasteiger partial charge in [-0.15, -0.1) is 0 Å². The molecule has 0 amide bonds. The van der Waals surface area contributed by atoms with Crippen LogP contribution in [0.4, 0.5) is 0 Å². The van der Waals surface area contributed by atoms with E-state index in [0.717, 1.165) is 16.7 Å². The molecule has 7 nitrogen and oxygen atoms in total. The number of H-pyrrole nitrogens is 1. The average Bonchev–Trinajstić information content (AvgIpc) is 3.21. The number of benzene rings is 1. The Morgan fingerprint density at radius 1 is 1.14 bits per heavy atom. The van der Waals surface area contributed by atoms with Crippen LogP contribution >= 0.6 is 0 Å². The van der Waals surface area contributed by atoms with Crippen molar-refractivity contribution in [2.75, 3.05) is 13.1 Å². The summed E-state index contributed by atoms with van der Waals surface area (Å²) in [6.07, 6.45) is 3.91. The Balaban J connectivity index is 1.61. The summed E-state index contributed by atoms with van der Waals surface area (Å²) in [6, 6.07) is 10.2. The molecule has 0 bridgehead atoms. The zero-order valence-electron chi connectivity index (χ0n) is 16.3. The van der Waals surface area contributed by atoms with E-state index >= 15 is 0 Å². The van der Waals surface area contributed by atoms with Crippen LogP contribution in [0.15, 0.2) is 58.5 Å². The van der Waals surface area contributed by atoms with Crippen molar-refractivity contribution in [3.8, 4) is 11.3 Å². The van der Waals surface area contributed by atoms with Crippen LogP contribution in [0, 0.1) is 13.8 Å². The molecule has 2 aromatic heterocycles. The molecule has 0 aliphatic carbocycles. The minimum absolute atomic E-state index is 0.166. The van der Waals surface area contributed by atoms with Gasteiger partial charge >= 0.3 is 0 Å². The largest absolute Gasteiger partial charge is 0.310 e. The van der Waals surface area contributed by atoms with Gasteiger partial charge < -0.3 is 4.98 Å². The molecule has 3 heterocycles. The summed E-state index contributed by atoms with van der Waals surface area (Å²) in [5.74, 6) is 0.342. The smallest absolute Gasteiger partial charge is 0.251 e. The lowest BCUT2D eigenvalue weighted by molar-refractivity contribution is 0.471. The number of aromatic amines is 1. The van der Waals surface area contributed by atoms with Crippen LogP contribution in [0.2, 0.25) is 0 Å². The molecule has 1 atom stereocenters. The maximum Gasteiger partial charge on any atom is 0.251 e. The van der Waals surface area contributed by atoms with Crippen LogP contribution in [0.1, 0.15) is 29.3 Å². The highest BCUT2D eigenvalue weighted by Crippen LogP contribution is 2.30. The van der Waals surface area contributed by atoms with E-state index in [1.807, 2.05) is 26.0 Å². The van der Waals surface area contributed by atoms with Crippen LogP contribution in [0.3, 0.4) is 0 Å². The van der Waals surface area contributed by atoms with Crippen LogP contribution in [0.25, 0.3) is 11.3 Å². The molecule has 3 aromatic rings. The predicted molar refractivity (Wildman–Crippen MR) is 110 cm³/mol. The monoisotopic (exact) mass is 410 g/mol. The summed E-state index contributed by atoms with van der Waals surface area (Å²) in [4.78, 5) is 23.9. The highest BCUT2D eigenvalue weighted by atomic mass is 32.2. The summed E-state index contributed by atoms with van der Waals surface area (Å²) in [5.41, 5.74) is 3.02. The van der Waals surface area contributed by atoms with Crippen molar-refractivity contribution in [1.82, 2.24) is 19.3 Å². The second kappa shape index (κ2) is 7.53. The number of hydrogen-bond acceptors (Lipinski definition) is 5. The number of hydrogen-bond donors (Lipinski definition) is 1. The number of rotatable bonds is 4. The Hall–Kier alpha value is -2.84. The van der Waals surface area contributed by atoms with E-state index in [2.05, 4.69) is 15.0 Å². The number of aromatic nitrogens is 3. The van der Waals surface area contributed by atoms with E-state index in [9.17, 15) is 13.2 Å². The van der Waals surface area contributed by atoms with Gasteiger partial charge in [-0.2, -0.15) is 4.31 Å². The predicted octanol–water partition coefficient (Wildman–Crippen LogP) is 2.63. The minimum atomic E-state index is -3.59. The van der Waals surface area contributed by atoms with Crippen molar-refractivity contribution >= 4 is 10.0 Å². The molecular formula is C21H22N4O3S. The van der Waals surface area contributed by atoms with E-state index in [1.165, 1.54) is 10.4 Å². The Kier molecular flexibility index (Phi) is 5.06. The summed E-state index contributed by atoms with van der Waals surface area (Å²) >= 11 is 0. The van der Waals surface area contributed by atoms with Crippen molar-refractivity contribution in [2.24, 2.45) is 0 Å². The second-order valence-electron chi connectivity index (χ2n) is 7.35. The molecule has 1 N–H and O–H groups in total. The molecule has 8 heteroatoms. The van der Waals surface area contributed by atoms with Gasteiger partial charge in [0.25, 0.3) is 5.56 Å². The molecule has 0 radical (unpaired) electrons. The van der Waals surface area contributed by atoms with Crippen LogP contribution in [-0.4, -0.2) is 40.8 Å². The lowest BCUT2D eigenvalue weighted by Crippen LogP contribution is -2.29. The first kappa shape index (κ1) is 19.5. The lowest BCUT2D eigenvalue weighted by atomic mass is 10.1. The minimum Gasteiger partial charge on any atom is -0.310 e. The zero-order chi connectivity index (χ0) is 20.6. The number of nitrogens with zero attached hydrogens (tertiary/aromatic N) is 3. The molecule has 1 aromatic carbocycles. The second-order valence-corrected chi connectivity index (χ2v) is 9.29. The molecule has 4 rings (SSSR count). The Morgan fingerprint density at radius 2 is 1.97 bits per heavy atom. The number of sulfonamides is 1. The SMILES string of the molecule is Cc1ccc(S(=O)(=O)N2CCC(c3nc(-c4cccnc4)cc(=O)[nH]3)C2)cc1C. The van der Waals surface area contributed by atoms with E-state index in [0.29, 0.717) is 29.4 Å². The molecule has 29 heavy (non-hydrogen) atoms. The molecule has 0 saturated carbocycles. The number of nitrogens with one attached hydrogen (secondary N) is 1. The maximum atomic E-state index is 13.1. The maximum absolute atomic E-state index is 13.1. The standard InChI is InChI=1S/C21H22N4O3S/c1-14-5-6-18(10-15(14)2)29(27,28)25-9-7-17(13-25)21-23-19(11-20(26)24-21)16-4-3-8-22-12-16/h3-6,8,10-12,17H,7,9,13H2,1-2H3,(H,23,24,26). The van der Waals surface area contributed by atoms with Gasteiger partial charge in [0.05, 0.1) is 10.6 Å². The summed E-state index contributed by atoms with van der Waals surface area (Å²) in [5, 5.41) is 0. The fourth-order valence-electron chi connectivity index (χ4n) is 3.53. The van der Waals surface area contributed by atoms with E-state index in [4.69, 9.17) is 0 Å². The summed E-state index contributed by atoms with van der Waals surface area (Å²) < 4.78 is 27.6. The first-order valence-corrected chi connectivity index (χ1v) is 10.9. The van der Waals surface area contributed by atoms with Gasteiger partial charge in [0, 0.05) is 43.0 Å². The highest BCUT2D eigenvalue weighted by Gasteiger charge is 2.34. The third kappa shape index (κ3) is 3.86. The van der Waals surface area contributed by atoms with Crippen LogP contribution < -0.4 is 5.56 Å². The first-order valence-electron chi connectivity index (χ1n) is 9.43. The van der Waals surface area contributed by atoms with E-state index in [1.54, 1.807) is 30.6 Å². The topological polar surface area (TPSA) is 96.0 Å². The third-order valence-electron chi connectivity index (χ3n) is 5.37. The Bertz CT molecular complexity index is 1210. The van der Waals surface area contributed by atoms with Gasteiger partial charge in [-0.3, -0.25) is 9.78 Å². The van der Waals surface area contributed by atoms with Gasteiger partial charge in [-0.05, 0) is 55.7 Å². The van der Waals surface area contributed by atoms with E-state index < -0.39 is 10.0 Å². The molecule has 150 valence electrons. The normalized spacial score (nSPS) is 17.5. The molecule has 1 aliphatic heterocycles. The van der Waals surface area contributed by atoms with Crippen molar-refractivity contribution in [3.05, 3.63) is 76.1 Å². The van der Waals surface area contributed by atoms with Crippen molar-refractivity contribution < 1.29 is 8.42 Å². The van der Waals surface area contributed by atoms with Gasteiger partial charge in [0.1, 0.15) is 5.82 Å². The molecule has 0 spiro atoms. The van der Waals surface area contributed by atoms with Gasteiger partial charge in [0.15, 0.2) is 0 Å². The quantitative estimate of drug-likeness (QED) is 0.713. The van der Waals surface area contributed by atoms with Crippen molar-refractivity contribution in [1.29, 1.82) is 0 Å². The molecule has 1 saturated heterocycles. The highest BCUT2D eigenvalue weighted by molar-refractivity contribution is 7.89. The Morgan fingerprint density at radius 3 is 2.69 bits per heavy atom. The summed E-state index contributed by atoms with van der Waals surface area (Å²) in [7, 11) is -3.59. The molecule has 1 unspecified atom stereocenters. The third-order valence-corrected chi connectivity index (χ3v) is 7.23. The van der Waals surface area contributed by atoms with Gasteiger partial charge in [-0.25, -0.2) is 13.4 Å². The number of pyridine rings is 1. The molecule has 1 aliphatic rings. The fraction of sp³-hybridized carbons (Fsp3) is 0.286. The van der Waals surface area contributed by atoms with Crippen LogP contribution in [0.5, 0.6) is 0 Å². The first-order chi connectivity index (χ1) is 13.8. The van der Waals surface area contributed by atoms with Crippen molar-refractivity contribution in [3.63, 3.8) is 0 Å². The average molecular weight is 410 g/mol. The fourth-order valence-corrected chi connectivity index (χ4v) is 5.11. The molecule has 1 fully saturated rings. The number of aryl methyl sites for hydroxylation is 2. The van der Waals surface area contributed by atoms with Gasteiger partial charge in [0.2, 0.25) is 10.0 Å². The zero-order valence-corrected chi connectivity index (χ0v) is 17.1. The summed E-state index contributed by atoms with van der Waals surface area (Å²) in [6.45, 7) is 4.53. The van der Waals surface area contributed by atoms with Gasteiger partial charge in [-0.1, -0.05) is 6.07 Å². The van der Waals surface area contributed by atoms with E-state index in [-0.39, 0.29) is 18.0 Å². The Labute approximate surface area is 169 Å². The molecular weight excluding hydrogens is 388 g/mol. The van der Waals surface area contributed by atoms with Crippen LogP contribution in [-0.2, 0) is 10.0 Å². The lowest BCUT2D eigenvalue weighted by Gasteiger charge is -2.17.